The Morgan fingerprint density at radius 3 is 2.66 bits per heavy atom. The third-order valence-corrected chi connectivity index (χ3v) is 5.19. The standard InChI is InChI=1S/C13H16N4O.C10H12N2.C2H6/c1-16(7-8-17-6-2-3-13(17)18)12-5-4-11(9-14)10-15-12;1-2-4-9-5-3-8-12-10(9)6-7-11-12;1-2/h4-5,10H,2-3,6-8H2,1H3;3,5-8H,2,4H2,1H3;1-2H3. The van der Waals surface area contributed by atoms with Gasteiger partial charge in [-0.2, -0.15) is 10.4 Å². The van der Waals surface area contributed by atoms with Crippen LogP contribution in [0.5, 0.6) is 0 Å². The van der Waals surface area contributed by atoms with Gasteiger partial charge in [0.1, 0.15) is 11.9 Å². The quantitative estimate of drug-likeness (QED) is 0.577. The van der Waals surface area contributed by atoms with Gasteiger partial charge in [0.25, 0.3) is 0 Å². The highest BCUT2D eigenvalue weighted by Crippen LogP contribution is 2.12. The molecule has 1 saturated heterocycles. The molecule has 0 bridgehead atoms. The Balaban J connectivity index is 0.000000224. The monoisotopic (exact) mass is 434 g/mol. The van der Waals surface area contributed by atoms with Gasteiger partial charge in [-0.1, -0.05) is 33.3 Å². The molecule has 0 radical (unpaired) electrons. The van der Waals surface area contributed by atoms with Gasteiger partial charge in [-0.05, 0) is 42.7 Å². The van der Waals surface area contributed by atoms with E-state index in [9.17, 15) is 4.79 Å². The predicted molar refractivity (Wildman–Crippen MR) is 129 cm³/mol. The summed E-state index contributed by atoms with van der Waals surface area (Å²) in [4.78, 5) is 19.6. The summed E-state index contributed by atoms with van der Waals surface area (Å²) in [6.07, 6.45) is 9.35. The summed E-state index contributed by atoms with van der Waals surface area (Å²) in [6, 6.07) is 11.9. The van der Waals surface area contributed by atoms with E-state index in [-0.39, 0.29) is 5.91 Å². The van der Waals surface area contributed by atoms with Gasteiger partial charge in [0, 0.05) is 51.7 Å². The number of hydrogen-bond donors (Lipinski definition) is 0. The largest absolute Gasteiger partial charge is 0.358 e. The zero-order chi connectivity index (χ0) is 23.3. The molecule has 7 nitrogen and oxygen atoms in total. The summed E-state index contributed by atoms with van der Waals surface area (Å²) < 4.78 is 1.92. The number of nitrogens with zero attached hydrogens (tertiary/aromatic N) is 6. The molecule has 7 heteroatoms. The van der Waals surface area contributed by atoms with Crippen molar-refractivity contribution in [1.29, 1.82) is 5.26 Å². The topological polar surface area (TPSA) is 77.5 Å². The Hall–Kier alpha value is -3.40. The number of aromatic nitrogens is 3. The van der Waals surface area contributed by atoms with E-state index in [0.29, 0.717) is 12.0 Å². The average molecular weight is 435 g/mol. The second kappa shape index (κ2) is 13.1. The third kappa shape index (κ3) is 6.81. The second-order valence-corrected chi connectivity index (χ2v) is 7.37. The molecule has 4 heterocycles. The van der Waals surface area contributed by atoms with Crippen molar-refractivity contribution in [1.82, 2.24) is 19.5 Å². The number of likely N-dealkylation sites (tertiary alicyclic amines) is 1. The summed E-state index contributed by atoms with van der Waals surface area (Å²) in [5.41, 5.74) is 3.18. The van der Waals surface area contributed by atoms with Crippen LogP contribution < -0.4 is 4.90 Å². The van der Waals surface area contributed by atoms with Crippen LogP contribution in [0.15, 0.2) is 48.9 Å². The lowest BCUT2D eigenvalue weighted by atomic mass is 10.1. The second-order valence-electron chi connectivity index (χ2n) is 7.37. The van der Waals surface area contributed by atoms with Crippen molar-refractivity contribution in [2.24, 2.45) is 0 Å². The number of fused-ring (bicyclic) bond motifs is 1. The molecule has 3 aromatic rings. The molecular formula is C25H34N6O. The maximum atomic E-state index is 11.5. The molecule has 1 aliphatic heterocycles. The number of amides is 1. The summed E-state index contributed by atoms with van der Waals surface area (Å²) in [5, 5.41) is 12.9. The van der Waals surface area contributed by atoms with E-state index < -0.39 is 0 Å². The van der Waals surface area contributed by atoms with E-state index in [1.807, 2.05) is 65.8 Å². The first-order valence-electron chi connectivity index (χ1n) is 11.4. The molecule has 1 amide bonds. The lowest BCUT2D eigenvalue weighted by Gasteiger charge is -2.22. The summed E-state index contributed by atoms with van der Waals surface area (Å²) in [6.45, 7) is 8.55. The van der Waals surface area contributed by atoms with E-state index in [1.54, 1.807) is 12.3 Å². The van der Waals surface area contributed by atoms with Crippen LogP contribution in [0.1, 0.15) is 51.2 Å². The molecule has 0 unspecified atom stereocenters. The molecule has 3 aromatic heterocycles. The van der Waals surface area contributed by atoms with Crippen LogP contribution in [0, 0.1) is 11.3 Å². The number of anilines is 1. The fourth-order valence-electron chi connectivity index (χ4n) is 3.50. The van der Waals surface area contributed by atoms with Crippen molar-refractivity contribution in [3.63, 3.8) is 0 Å². The Labute approximate surface area is 191 Å². The van der Waals surface area contributed by atoms with Crippen molar-refractivity contribution in [3.05, 3.63) is 60.0 Å². The zero-order valence-corrected chi connectivity index (χ0v) is 19.7. The normalized spacial score (nSPS) is 12.5. The van der Waals surface area contributed by atoms with Gasteiger partial charge < -0.3 is 9.80 Å². The molecule has 0 aliphatic carbocycles. The molecule has 0 atom stereocenters. The van der Waals surface area contributed by atoms with E-state index in [0.717, 1.165) is 38.3 Å². The summed E-state index contributed by atoms with van der Waals surface area (Å²) >= 11 is 0. The maximum Gasteiger partial charge on any atom is 0.222 e. The Morgan fingerprint density at radius 1 is 1.22 bits per heavy atom. The maximum absolute atomic E-state index is 11.5. The van der Waals surface area contributed by atoms with Crippen molar-refractivity contribution in [2.45, 2.75) is 46.5 Å². The van der Waals surface area contributed by atoms with Gasteiger partial charge >= 0.3 is 0 Å². The number of hydrogen-bond acceptors (Lipinski definition) is 5. The van der Waals surface area contributed by atoms with Crippen LogP contribution in [0.4, 0.5) is 5.82 Å². The average Bonchev–Trinajstić information content (AvgIpc) is 3.49. The van der Waals surface area contributed by atoms with Gasteiger partial charge in [0.05, 0.1) is 11.1 Å². The fraction of sp³-hybridized carbons (Fsp3) is 0.440. The predicted octanol–water partition coefficient (Wildman–Crippen LogP) is 4.32. The number of aryl methyl sites for hydroxylation is 1. The first kappa shape index (κ1) is 24.9. The van der Waals surface area contributed by atoms with E-state index in [1.165, 1.54) is 17.5 Å². The Bertz CT molecular complexity index is 1010. The van der Waals surface area contributed by atoms with Crippen LogP contribution in [0.2, 0.25) is 0 Å². The molecule has 0 aromatic carbocycles. The molecule has 1 aliphatic rings. The minimum Gasteiger partial charge on any atom is -0.358 e. The number of rotatable bonds is 6. The van der Waals surface area contributed by atoms with Crippen molar-refractivity contribution in [2.75, 3.05) is 31.6 Å². The Morgan fingerprint density at radius 2 is 2.03 bits per heavy atom. The fourth-order valence-corrected chi connectivity index (χ4v) is 3.50. The van der Waals surface area contributed by atoms with Gasteiger partial charge in [-0.25, -0.2) is 9.50 Å². The van der Waals surface area contributed by atoms with Gasteiger partial charge in [0.15, 0.2) is 0 Å². The lowest BCUT2D eigenvalue weighted by molar-refractivity contribution is -0.127. The summed E-state index contributed by atoms with van der Waals surface area (Å²) in [7, 11) is 1.94. The number of carbonyl (C=O) groups is 1. The van der Waals surface area contributed by atoms with Crippen LogP contribution in [0.25, 0.3) is 5.52 Å². The van der Waals surface area contributed by atoms with Crippen molar-refractivity contribution < 1.29 is 4.79 Å². The minimum atomic E-state index is 0.246. The molecule has 32 heavy (non-hydrogen) atoms. The number of carbonyl (C=O) groups excluding carboxylic acids is 1. The van der Waals surface area contributed by atoms with Crippen LogP contribution >= 0.6 is 0 Å². The lowest BCUT2D eigenvalue weighted by Crippen LogP contribution is -2.34. The highest BCUT2D eigenvalue weighted by atomic mass is 16.2. The van der Waals surface area contributed by atoms with Crippen LogP contribution in [-0.4, -0.2) is 52.1 Å². The van der Waals surface area contributed by atoms with Crippen molar-refractivity contribution >= 4 is 17.2 Å². The number of pyridine rings is 2. The highest BCUT2D eigenvalue weighted by molar-refractivity contribution is 5.78. The minimum absolute atomic E-state index is 0.246. The molecule has 0 N–H and O–H groups in total. The summed E-state index contributed by atoms with van der Waals surface area (Å²) in [5.74, 6) is 1.07. The SMILES string of the molecule is CC.CCCc1cccn2nccc12.CN(CCN1CCCC1=O)c1ccc(C#N)cn1. The zero-order valence-electron chi connectivity index (χ0n) is 19.7. The smallest absolute Gasteiger partial charge is 0.222 e. The molecule has 0 saturated carbocycles. The van der Waals surface area contributed by atoms with Gasteiger partial charge in [-0.3, -0.25) is 4.79 Å². The number of nitriles is 1. The first-order valence-corrected chi connectivity index (χ1v) is 11.4. The molecular weight excluding hydrogens is 400 g/mol. The van der Waals surface area contributed by atoms with Crippen molar-refractivity contribution in [3.8, 4) is 6.07 Å². The molecule has 170 valence electrons. The van der Waals surface area contributed by atoms with Crippen LogP contribution in [0.3, 0.4) is 0 Å². The molecule has 4 rings (SSSR count). The number of likely N-dealkylation sites (N-methyl/N-ethyl adjacent to an activating group) is 1. The van der Waals surface area contributed by atoms with E-state index >= 15 is 0 Å². The highest BCUT2D eigenvalue weighted by Gasteiger charge is 2.19. The van der Waals surface area contributed by atoms with Crippen LogP contribution in [-0.2, 0) is 11.2 Å². The van der Waals surface area contributed by atoms with E-state index in [4.69, 9.17) is 5.26 Å². The molecule has 1 fully saturated rings. The Kier molecular flexibility index (Phi) is 10.2. The van der Waals surface area contributed by atoms with Gasteiger partial charge in [0.2, 0.25) is 5.91 Å². The molecule has 0 spiro atoms. The van der Waals surface area contributed by atoms with Gasteiger partial charge in [-0.15, -0.1) is 0 Å². The van der Waals surface area contributed by atoms with E-state index in [2.05, 4.69) is 29.1 Å². The third-order valence-electron chi connectivity index (χ3n) is 5.19. The first-order chi connectivity index (χ1) is 15.6.